The van der Waals surface area contributed by atoms with Gasteiger partial charge in [0.1, 0.15) is 6.04 Å². The molecule has 1 saturated heterocycles. The molecule has 5 N–H and O–H groups in total. The number of nitrogens with two attached hydrogens (primary N) is 2. The molecule has 0 aromatic heterocycles. The molecule has 7 heteroatoms. The Hall–Kier alpha value is -1.47. The molecule has 2 fully saturated rings. The fourth-order valence-corrected chi connectivity index (χ4v) is 4.31. The first kappa shape index (κ1) is 21.8. The molecular weight excluding hydrogens is 344 g/mol. The van der Waals surface area contributed by atoms with Crippen LogP contribution in [-0.2, 0) is 14.4 Å². The van der Waals surface area contributed by atoms with Gasteiger partial charge in [-0.25, -0.2) is 0 Å². The minimum absolute atomic E-state index is 0.177. The van der Waals surface area contributed by atoms with E-state index in [1.54, 1.807) is 4.90 Å². The summed E-state index contributed by atoms with van der Waals surface area (Å²) in [5, 5.41) is 2.82. The van der Waals surface area contributed by atoms with Crippen LogP contribution in [0, 0.1) is 5.92 Å². The molecule has 1 heterocycles. The van der Waals surface area contributed by atoms with Gasteiger partial charge in [0.05, 0.1) is 12.1 Å². The lowest BCUT2D eigenvalue weighted by Gasteiger charge is -2.29. The summed E-state index contributed by atoms with van der Waals surface area (Å²) in [5.41, 5.74) is 11.5. The van der Waals surface area contributed by atoms with Crippen molar-refractivity contribution in [3.8, 4) is 0 Å². The highest BCUT2D eigenvalue weighted by Gasteiger charge is 2.36. The molecule has 0 spiro atoms. The van der Waals surface area contributed by atoms with Crippen molar-refractivity contribution in [3.05, 3.63) is 0 Å². The molecule has 1 aliphatic heterocycles. The molecule has 153 valence electrons. The summed E-state index contributed by atoms with van der Waals surface area (Å²) in [7, 11) is 0. The Labute approximate surface area is 162 Å². The number of hydrogen-bond donors (Lipinski definition) is 3. The van der Waals surface area contributed by atoms with Crippen LogP contribution in [0.2, 0.25) is 0 Å². The van der Waals surface area contributed by atoms with E-state index in [9.17, 15) is 14.4 Å². The molecule has 2 amide bonds. The standard InChI is InChI=1S/C20H35N4O3/c21-11-5-4-9-17(22)20(27)24-12-6-10-18(24)19(26)23-16(14-25)13-15-7-2-1-3-8-15/h15-18H,1-13,21-22H2,(H,23,26)/t16-,17+,18+/m1/s1. The zero-order valence-electron chi connectivity index (χ0n) is 16.3. The maximum absolute atomic E-state index is 12.7. The summed E-state index contributed by atoms with van der Waals surface area (Å²) in [6.45, 7) is 1.12. The van der Waals surface area contributed by atoms with Crippen molar-refractivity contribution in [1.29, 1.82) is 0 Å². The van der Waals surface area contributed by atoms with Gasteiger partial charge in [0.25, 0.3) is 0 Å². The maximum Gasteiger partial charge on any atom is 0.243 e. The number of unbranched alkanes of at least 4 members (excludes halogenated alkanes) is 1. The Kier molecular flexibility index (Phi) is 9.21. The van der Waals surface area contributed by atoms with Gasteiger partial charge in [0.2, 0.25) is 18.1 Å². The molecule has 1 saturated carbocycles. The van der Waals surface area contributed by atoms with Gasteiger partial charge in [0.15, 0.2) is 0 Å². The van der Waals surface area contributed by atoms with Crippen molar-refractivity contribution >= 4 is 18.1 Å². The van der Waals surface area contributed by atoms with Gasteiger partial charge in [-0.15, -0.1) is 0 Å². The van der Waals surface area contributed by atoms with E-state index in [-0.39, 0.29) is 11.8 Å². The maximum atomic E-state index is 12.7. The fourth-order valence-electron chi connectivity index (χ4n) is 4.31. The first-order valence-electron chi connectivity index (χ1n) is 10.5. The number of carbonyl (C=O) groups excluding carboxylic acids is 3. The predicted octanol–water partition coefficient (Wildman–Crippen LogP) is 0.999. The van der Waals surface area contributed by atoms with Crippen molar-refractivity contribution in [1.82, 2.24) is 10.2 Å². The van der Waals surface area contributed by atoms with Gasteiger partial charge in [-0.2, -0.15) is 0 Å². The second-order valence-corrected chi connectivity index (χ2v) is 8.00. The Morgan fingerprint density at radius 1 is 1.11 bits per heavy atom. The second kappa shape index (κ2) is 11.4. The first-order valence-corrected chi connectivity index (χ1v) is 10.5. The van der Waals surface area contributed by atoms with E-state index >= 15 is 0 Å². The lowest BCUT2D eigenvalue weighted by molar-refractivity contribution is -0.139. The van der Waals surface area contributed by atoms with Crippen LogP contribution in [0.4, 0.5) is 0 Å². The largest absolute Gasteiger partial charge is 0.344 e. The molecule has 27 heavy (non-hydrogen) atoms. The Morgan fingerprint density at radius 3 is 2.52 bits per heavy atom. The summed E-state index contributed by atoms with van der Waals surface area (Å²) in [6.07, 6.45) is 12.1. The average Bonchev–Trinajstić information content (AvgIpc) is 3.17. The lowest BCUT2D eigenvalue weighted by atomic mass is 9.85. The smallest absolute Gasteiger partial charge is 0.243 e. The normalized spacial score (nSPS) is 23.0. The number of nitrogens with one attached hydrogen (secondary N) is 1. The van der Waals surface area contributed by atoms with Crippen LogP contribution in [0.5, 0.6) is 0 Å². The van der Waals surface area contributed by atoms with E-state index in [0.29, 0.717) is 38.3 Å². The van der Waals surface area contributed by atoms with Crippen molar-refractivity contribution in [2.45, 2.75) is 88.8 Å². The van der Waals surface area contributed by atoms with Gasteiger partial charge in [0, 0.05) is 6.54 Å². The van der Waals surface area contributed by atoms with Crippen molar-refractivity contribution in [3.63, 3.8) is 0 Å². The molecule has 7 nitrogen and oxygen atoms in total. The quantitative estimate of drug-likeness (QED) is 0.489. The Bertz CT molecular complexity index is 494. The van der Waals surface area contributed by atoms with Crippen LogP contribution in [0.3, 0.4) is 0 Å². The van der Waals surface area contributed by atoms with Gasteiger partial charge >= 0.3 is 0 Å². The fraction of sp³-hybridized carbons (Fsp3) is 0.850. The van der Waals surface area contributed by atoms with Crippen LogP contribution >= 0.6 is 0 Å². The Balaban J connectivity index is 1.87. The molecule has 0 aromatic rings. The predicted molar refractivity (Wildman–Crippen MR) is 104 cm³/mol. The van der Waals surface area contributed by atoms with E-state index in [1.165, 1.54) is 19.3 Å². The molecule has 0 bridgehead atoms. The third-order valence-electron chi connectivity index (χ3n) is 5.88. The third-order valence-corrected chi connectivity index (χ3v) is 5.88. The number of likely N-dealkylation sites (tertiary alicyclic amines) is 1. The van der Waals surface area contributed by atoms with E-state index in [0.717, 1.165) is 32.1 Å². The monoisotopic (exact) mass is 379 g/mol. The van der Waals surface area contributed by atoms with Crippen LogP contribution in [-0.4, -0.2) is 54.2 Å². The summed E-state index contributed by atoms with van der Waals surface area (Å²) >= 11 is 0. The van der Waals surface area contributed by atoms with Crippen molar-refractivity contribution in [2.75, 3.05) is 13.1 Å². The van der Waals surface area contributed by atoms with Gasteiger partial charge in [-0.05, 0) is 44.6 Å². The van der Waals surface area contributed by atoms with Crippen LogP contribution in [0.15, 0.2) is 0 Å². The van der Waals surface area contributed by atoms with Crippen molar-refractivity contribution in [2.24, 2.45) is 17.4 Å². The molecule has 0 unspecified atom stereocenters. The number of amides is 2. The summed E-state index contributed by atoms with van der Waals surface area (Å²) in [4.78, 5) is 38.3. The highest BCUT2D eigenvalue weighted by Crippen LogP contribution is 2.27. The van der Waals surface area contributed by atoms with Gasteiger partial charge in [-0.1, -0.05) is 38.5 Å². The van der Waals surface area contributed by atoms with E-state index < -0.39 is 18.1 Å². The van der Waals surface area contributed by atoms with Gasteiger partial charge in [-0.3, -0.25) is 14.4 Å². The summed E-state index contributed by atoms with van der Waals surface area (Å²) in [6, 6.07) is -1.71. The Morgan fingerprint density at radius 2 is 1.85 bits per heavy atom. The summed E-state index contributed by atoms with van der Waals surface area (Å²) < 4.78 is 0. The lowest BCUT2D eigenvalue weighted by Crippen LogP contribution is -2.53. The summed E-state index contributed by atoms with van der Waals surface area (Å²) in [5.74, 6) is 0.0468. The third kappa shape index (κ3) is 6.57. The molecule has 2 rings (SSSR count). The zero-order valence-corrected chi connectivity index (χ0v) is 16.3. The number of carbonyl (C=O) groups is 2. The van der Waals surface area contributed by atoms with Gasteiger partial charge < -0.3 is 21.7 Å². The number of rotatable bonds is 10. The van der Waals surface area contributed by atoms with E-state index in [4.69, 9.17) is 11.5 Å². The molecule has 3 atom stereocenters. The highest BCUT2D eigenvalue weighted by molar-refractivity contribution is 5.91. The van der Waals surface area contributed by atoms with Crippen LogP contribution in [0.1, 0.15) is 70.6 Å². The van der Waals surface area contributed by atoms with E-state index in [1.807, 2.05) is 6.29 Å². The molecular formula is C20H35N4O3. The minimum atomic E-state index is -0.597. The molecule has 0 aromatic carbocycles. The second-order valence-electron chi connectivity index (χ2n) is 8.00. The van der Waals surface area contributed by atoms with Crippen LogP contribution in [0.25, 0.3) is 0 Å². The van der Waals surface area contributed by atoms with E-state index in [2.05, 4.69) is 5.32 Å². The topological polar surface area (TPSA) is 119 Å². The number of nitrogens with zero attached hydrogens (tertiary/aromatic N) is 1. The van der Waals surface area contributed by atoms with Crippen LogP contribution < -0.4 is 16.8 Å². The first-order chi connectivity index (χ1) is 13.1. The highest BCUT2D eigenvalue weighted by atomic mass is 16.2. The molecule has 1 aliphatic carbocycles. The minimum Gasteiger partial charge on any atom is -0.344 e. The number of hydrogen-bond acceptors (Lipinski definition) is 5. The average molecular weight is 380 g/mol. The molecule has 2 aliphatic rings. The SMILES string of the molecule is NCCCC[C@H](N)C(=O)N1CCC[C@H]1C(=O)N[C@@H]([C]=O)CC1CCCCC1. The molecule has 1 radical (unpaired) electrons. The van der Waals surface area contributed by atoms with Crippen molar-refractivity contribution < 1.29 is 14.4 Å². The zero-order chi connectivity index (χ0) is 19.6.